The number of nitrogens with two attached hydrogens (primary N) is 1. The molecule has 6 nitrogen and oxygen atoms in total. The van der Waals surface area contributed by atoms with Crippen molar-refractivity contribution in [2.75, 3.05) is 30.7 Å². The van der Waals surface area contributed by atoms with Gasteiger partial charge < -0.3 is 21.1 Å². The number of ketones is 1. The Balaban J connectivity index is 1.65. The molecule has 1 heterocycles. The van der Waals surface area contributed by atoms with Crippen LogP contribution < -0.4 is 21.1 Å². The zero-order valence-electron chi connectivity index (χ0n) is 15.4. The molecule has 0 saturated carbocycles. The molecule has 2 aromatic carbocycles. The second-order valence-electron chi connectivity index (χ2n) is 5.92. The SMILES string of the molecule is CCNCCOc1ccc(Nc2nc(N)c(C(=O)c3cccc(F)c3)s2)cc1. The Morgan fingerprint density at radius 2 is 2.04 bits per heavy atom. The van der Waals surface area contributed by atoms with Gasteiger partial charge in [0.1, 0.15) is 28.9 Å². The number of hydrogen-bond donors (Lipinski definition) is 3. The molecule has 0 radical (unpaired) electrons. The van der Waals surface area contributed by atoms with Crippen LogP contribution in [0.3, 0.4) is 0 Å². The average molecular weight is 400 g/mol. The first-order valence-corrected chi connectivity index (χ1v) is 9.65. The summed E-state index contributed by atoms with van der Waals surface area (Å²) < 4.78 is 19.0. The number of carbonyl (C=O) groups is 1. The number of carbonyl (C=O) groups excluding carboxylic acids is 1. The summed E-state index contributed by atoms with van der Waals surface area (Å²) in [5, 5.41) is 6.79. The van der Waals surface area contributed by atoms with Crippen LogP contribution in [0.4, 0.5) is 21.0 Å². The van der Waals surface area contributed by atoms with E-state index in [0.717, 1.165) is 35.9 Å². The molecule has 0 bridgehead atoms. The number of aromatic nitrogens is 1. The molecule has 3 aromatic rings. The van der Waals surface area contributed by atoms with Gasteiger partial charge in [0.15, 0.2) is 5.13 Å². The lowest BCUT2D eigenvalue weighted by molar-refractivity contribution is 0.104. The Hall–Kier alpha value is -2.97. The Labute approximate surface area is 166 Å². The molecule has 4 N–H and O–H groups in total. The predicted octanol–water partition coefficient (Wildman–Crippen LogP) is 3.83. The molecule has 0 saturated heterocycles. The number of benzene rings is 2. The number of nitrogens with zero attached hydrogens (tertiary/aromatic N) is 1. The van der Waals surface area contributed by atoms with Crippen LogP contribution in [0, 0.1) is 5.82 Å². The van der Waals surface area contributed by atoms with Crippen molar-refractivity contribution in [2.45, 2.75) is 6.92 Å². The van der Waals surface area contributed by atoms with Crippen molar-refractivity contribution >= 4 is 33.8 Å². The molecule has 0 aliphatic carbocycles. The fraction of sp³-hybridized carbons (Fsp3) is 0.200. The van der Waals surface area contributed by atoms with E-state index >= 15 is 0 Å². The summed E-state index contributed by atoms with van der Waals surface area (Å²) >= 11 is 1.13. The standard InChI is InChI=1S/C20H21FN4O2S/c1-2-23-10-11-27-16-8-6-15(7-9-16)24-20-25-19(22)18(28-20)17(26)13-4-3-5-14(21)12-13/h3-9,12,23H,2,10-11,22H2,1H3,(H,24,25). The molecule has 0 amide bonds. The van der Waals surface area contributed by atoms with Crippen molar-refractivity contribution in [2.24, 2.45) is 0 Å². The van der Waals surface area contributed by atoms with E-state index in [2.05, 4.69) is 15.6 Å². The highest BCUT2D eigenvalue weighted by molar-refractivity contribution is 7.18. The largest absolute Gasteiger partial charge is 0.492 e. The van der Waals surface area contributed by atoms with E-state index in [4.69, 9.17) is 10.5 Å². The minimum absolute atomic E-state index is 0.116. The second kappa shape index (κ2) is 9.29. The van der Waals surface area contributed by atoms with Crippen molar-refractivity contribution < 1.29 is 13.9 Å². The Bertz CT molecular complexity index is 944. The average Bonchev–Trinajstić information content (AvgIpc) is 3.06. The van der Waals surface area contributed by atoms with Crippen LogP contribution in [-0.2, 0) is 0 Å². The third-order valence-corrected chi connectivity index (χ3v) is 4.83. The van der Waals surface area contributed by atoms with E-state index in [9.17, 15) is 9.18 Å². The first-order valence-electron chi connectivity index (χ1n) is 8.84. The fourth-order valence-corrected chi connectivity index (χ4v) is 3.35. The summed E-state index contributed by atoms with van der Waals surface area (Å²) in [7, 11) is 0. The van der Waals surface area contributed by atoms with E-state index in [-0.39, 0.29) is 22.0 Å². The van der Waals surface area contributed by atoms with Crippen molar-refractivity contribution in [3.8, 4) is 5.75 Å². The van der Waals surface area contributed by atoms with Crippen LogP contribution in [0.5, 0.6) is 5.75 Å². The van der Waals surface area contributed by atoms with Crippen LogP contribution >= 0.6 is 11.3 Å². The second-order valence-corrected chi connectivity index (χ2v) is 6.92. The molecule has 0 unspecified atom stereocenters. The number of hydrogen-bond acceptors (Lipinski definition) is 7. The van der Waals surface area contributed by atoms with E-state index < -0.39 is 5.82 Å². The van der Waals surface area contributed by atoms with E-state index in [1.54, 1.807) is 6.07 Å². The van der Waals surface area contributed by atoms with Gasteiger partial charge in [-0.1, -0.05) is 30.4 Å². The normalized spacial score (nSPS) is 10.6. The lowest BCUT2D eigenvalue weighted by Gasteiger charge is -2.07. The first kappa shape index (κ1) is 19.8. The van der Waals surface area contributed by atoms with Crippen LogP contribution in [-0.4, -0.2) is 30.5 Å². The highest BCUT2D eigenvalue weighted by atomic mass is 32.1. The van der Waals surface area contributed by atoms with Crippen LogP contribution in [0.1, 0.15) is 22.2 Å². The van der Waals surface area contributed by atoms with Gasteiger partial charge in [-0.25, -0.2) is 9.37 Å². The van der Waals surface area contributed by atoms with Crippen LogP contribution in [0.15, 0.2) is 48.5 Å². The molecule has 0 aliphatic rings. The summed E-state index contributed by atoms with van der Waals surface area (Å²) in [5.74, 6) is 0.0567. The molecule has 1 aromatic heterocycles. The smallest absolute Gasteiger partial charge is 0.206 e. The molecule has 28 heavy (non-hydrogen) atoms. The lowest BCUT2D eigenvalue weighted by atomic mass is 10.1. The molecule has 0 atom stereocenters. The maximum atomic E-state index is 13.4. The maximum Gasteiger partial charge on any atom is 0.206 e. The van der Waals surface area contributed by atoms with Crippen LogP contribution in [0.2, 0.25) is 0 Å². The van der Waals surface area contributed by atoms with Crippen molar-refractivity contribution in [3.05, 3.63) is 64.8 Å². The van der Waals surface area contributed by atoms with Gasteiger partial charge in [-0.15, -0.1) is 0 Å². The van der Waals surface area contributed by atoms with Gasteiger partial charge in [-0.3, -0.25) is 4.79 Å². The molecule has 0 spiro atoms. The molecular weight excluding hydrogens is 379 g/mol. The van der Waals surface area contributed by atoms with E-state index in [1.807, 2.05) is 31.2 Å². The molecule has 8 heteroatoms. The summed E-state index contributed by atoms with van der Waals surface area (Å²) in [6, 6.07) is 12.9. The van der Waals surface area contributed by atoms with Crippen LogP contribution in [0.25, 0.3) is 0 Å². The number of rotatable bonds is 9. The van der Waals surface area contributed by atoms with Crippen molar-refractivity contribution in [1.29, 1.82) is 0 Å². The summed E-state index contributed by atoms with van der Waals surface area (Å²) in [4.78, 5) is 17.0. The van der Waals surface area contributed by atoms with Crippen molar-refractivity contribution in [3.63, 3.8) is 0 Å². The van der Waals surface area contributed by atoms with Gasteiger partial charge in [0.05, 0.1) is 0 Å². The van der Waals surface area contributed by atoms with Gasteiger partial charge in [0.25, 0.3) is 0 Å². The number of thiazole rings is 1. The highest BCUT2D eigenvalue weighted by Crippen LogP contribution is 2.30. The molecule has 0 fully saturated rings. The summed E-state index contributed by atoms with van der Waals surface area (Å²) in [6.07, 6.45) is 0. The Kier molecular flexibility index (Phi) is 6.57. The monoisotopic (exact) mass is 400 g/mol. The maximum absolute atomic E-state index is 13.4. The highest BCUT2D eigenvalue weighted by Gasteiger charge is 2.18. The summed E-state index contributed by atoms with van der Waals surface area (Å²) in [6.45, 7) is 4.34. The van der Waals surface area contributed by atoms with E-state index in [0.29, 0.717) is 11.7 Å². The third kappa shape index (κ3) is 5.05. The van der Waals surface area contributed by atoms with Crippen molar-refractivity contribution in [1.82, 2.24) is 10.3 Å². The first-order chi connectivity index (χ1) is 13.6. The zero-order valence-corrected chi connectivity index (χ0v) is 16.2. The number of likely N-dealkylation sites (N-methyl/N-ethyl adjacent to an activating group) is 1. The number of nitrogen functional groups attached to an aromatic ring is 1. The third-order valence-electron chi connectivity index (χ3n) is 3.85. The predicted molar refractivity (Wildman–Crippen MR) is 110 cm³/mol. The Morgan fingerprint density at radius 1 is 1.25 bits per heavy atom. The lowest BCUT2D eigenvalue weighted by Crippen LogP contribution is -2.20. The molecule has 0 aliphatic heterocycles. The minimum Gasteiger partial charge on any atom is -0.492 e. The molecular formula is C20H21FN4O2S. The number of ether oxygens (including phenoxy) is 1. The van der Waals surface area contributed by atoms with Gasteiger partial charge in [0, 0.05) is 17.8 Å². The molecule has 3 rings (SSSR count). The van der Waals surface area contributed by atoms with Gasteiger partial charge in [-0.2, -0.15) is 0 Å². The molecule has 146 valence electrons. The fourth-order valence-electron chi connectivity index (χ4n) is 2.48. The topological polar surface area (TPSA) is 89.3 Å². The number of anilines is 3. The quantitative estimate of drug-likeness (QED) is 0.374. The summed E-state index contributed by atoms with van der Waals surface area (Å²) in [5.41, 5.74) is 6.92. The van der Waals surface area contributed by atoms with Gasteiger partial charge in [0.2, 0.25) is 5.78 Å². The Morgan fingerprint density at radius 3 is 2.75 bits per heavy atom. The minimum atomic E-state index is -0.472. The number of halogens is 1. The van der Waals surface area contributed by atoms with Gasteiger partial charge in [-0.05, 0) is 42.9 Å². The van der Waals surface area contributed by atoms with Gasteiger partial charge >= 0.3 is 0 Å². The zero-order chi connectivity index (χ0) is 19.9. The van der Waals surface area contributed by atoms with E-state index in [1.165, 1.54) is 18.2 Å². The number of nitrogens with one attached hydrogen (secondary N) is 2.